The van der Waals surface area contributed by atoms with Crippen molar-refractivity contribution >= 4 is 17.6 Å². The Hall–Kier alpha value is -2.37. The number of nitrogens with two attached hydrogens (primary N) is 1. The van der Waals surface area contributed by atoms with Crippen LogP contribution in [0, 0.1) is 13.8 Å². The van der Waals surface area contributed by atoms with Gasteiger partial charge in [-0.1, -0.05) is 11.2 Å². The lowest BCUT2D eigenvalue weighted by molar-refractivity contribution is 0.102. The molecule has 3 N–H and O–H groups in total. The first-order chi connectivity index (χ1) is 8.06. The van der Waals surface area contributed by atoms with Gasteiger partial charge in [0, 0.05) is 11.3 Å². The smallest absolute Gasteiger partial charge is 0.328 e. The second-order valence-corrected chi connectivity index (χ2v) is 3.67. The van der Waals surface area contributed by atoms with Crippen LogP contribution in [0.1, 0.15) is 21.7 Å². The summed E-state index contributed by atoms with van der Waals surface area (Å²) in [6.07, 6.45) is 0. The Morgan fingerprint density at radius 3 is 2.76 bits per heavy atom. The van der Waals surface area contributed by atoms with E-state index in [4.69, 9.17) is 10.3 Å². The topological polar surface area (TPSA) is 94.0 Å². The van der Waals surface area contributed by atoms with Gasteiger partial charge < -0.3 is 10.3 Å². The summed E-state index contributed by atoms with van der Waals surface area (Å²) in [5, 5.41) is 6.06. The van der Waals surface area contributed by atoms with E-state index in [1.165, 1.54) is 0 Å². The highest BCUT2D eigenvalue weighted by atomic mass is 16.5. The van der Waals surface area contributed by atoms with Crippen LogP contribution in [0.4, 0.5) is 11.7 Å². The van der Waals surface area contributed by atoms with E-state index in [0.717, 1.165) is 5.56 Å². The molecule has 1 heterocycles. The summed E-state index contributed by atoms with van der Waals surface area (Å²) in [6, 6.07) is 5.15. The molecule has 88 valence electrons. The standard InChI is InChI=1S/C11H12N4O2/c1-6-3-4-8(5-9(6)12)10(16)14-11-13-7(2)15-17-11/h3-5H,12H2,1-2H3,(H,13,14,15,16). The minimum absolute atomic E-state index is 0.0756. The van der Waals surface area contributed by atoms with Gasteiger partial charge in [-0.05, 0) is 31.5 Å². The van der Waals surface area contributed by atoms with Gasteiger partial charge in [0.05, 0.1) is 0 Å². The summed E-state index contributed by atoms with van der Waals surface area (Å²) in [4.78, 5) is 15.7. The number of amides is 1. The molecule has 0 aliphatic carbocycles. The number of nitrogens with one attached hydrogen (secondary N) is 1. The van der Waals surface area contributed by atoms with Crippen LogP contribution in [0.15, 0.2) is 22.7 Å². The second-order valence-electron chi connectivity index (χ2n) is 3.67. The maximum absolute atomic E-state index is 11.8. The molecule has 0 aliphatic rings. The molecule has 0 unspecified atom stereocenters. The van der Waals surface area contributed by atoms with Crippen LogP contribution in [0.2, 0.25) is 0 Å². The number of carbonyl (C=O) groups is 1. The number of benzene rings is 1. The predicted octanol–water partition coefficient (Wildman–Crippen LogP) is 1.52. The molecule has 17 heavy (non-hydrogen) atoms. The number of aromatic nitrogens is 2. The third-order valence-corrected chi connectivity index (χ3v) is 2.29. The van der Waals surface area contributed by atoms with E-state index < -0.39 is 0 Å². The molecule has 6 nitrogen and oxygen atoms in total. The van der Waals surface area contributed by atoms with Crippen LogP contribution in [0.3, 0.4) is 0 Å². The predicted molar refractivity (Wildman–Crippen MR) is 62.6 cm³/mol. The van der Waals surface area contributed by atoms with Crippen molar-refractivity contribution in [3.05, 3.63) is 35.2 Å². The van der Waals surface area contributed by atoms with Gasteiger partial charge in [0.15, 0.2) is 5.82 Å². The Balaban J connectivity index is 2.17. The first-order valence-corrected chi connectivity index (χ1v) is 5.04. The molecule has 0 saturated carbocycles. The van der Waals surface area contributed by atoms with Gasteiger partial charge in [-0.15, -0.1) is 0 Å². The summed E-state index contributed by atoms with van der Waals surface area (Å²) in [7, 11) is 0. The van der Waals surface area contributed by atoms with Gasteiger partial charge >= 0.3 is 6.01 Å². The van der Waals surface area contributed by atoms with Crippen LogP contribution >= 0.6 is 0 Å². The van der Waals surface area contributed by atoms with E-state index in [0.29, 0.717) is 17.1 Å². The first-order valence-electron chi connectivity index (χ1n) is 5.04. The van der Waals surface area contributed by atoms with Crippen molar-refractivity contribution in [3.8, 4) is 0 Å². The third kappa shape index (κ3) is 2.41. The van der Waals surface area contributed by atoms with E-state index >= 15 is 0 Å². The van der Waals surface area contributed by atoms with Crippen molar-refractivity contribution in [2.75, 3.05) is 11.1 Å². The molecule has 0 bridgehead atoms. The number of anilines is 2. The molecule has 1 amide bonds. The molecule has 1 aromatic heterocycles. The summed E-state index contributed by atoms with van der Waals surface area (Å²) >= 11 is 0. The summed E-state index contributed by atoms with van der Waals surface area (Å²) in [5.74, 6) is 0.129. The van der Waals surface area contributed by atoms with Crippen LogP contribution in [0.25, 0.3) is 0 Å². The highest BCUT2D eigenvalue weighted by molar-refractivity contribution is 6.03. The van der Waals surface area contributed by atoms with Crippen LogP contribution < -0.4 is 11.1 Å². The first kappa shape index (κ1) is 11.1. The molecule has 2 aromatic rings. The van der Waals surface area contributed by atoms with Gasteiger partial charge in [-0.2, -0.15) is 4.98 Å². The Bertz CT molecular complexity index is 562. The summed E-state index contributed by atoms with van der Waals surface area (Å²) in [5.41, 5.74) is 7.67. The second kappa shape index (κ2) is 4.25. The molecule has 0 atom stereocenters. The summed E-state index contributed by atoms with van der Waals surface area (Å²) < 4.78 is 4.79. The van der Waals surface area contributed by atoms with Crippen LogP contribution in [-0.4, -0.2) is 16.0 Å². The number of hydrogen-bond donors (Lipinski definition) is 2. The van der Waals surface area contributed by atoms with Crippen molar-refractivity contribution in [3.63, 3.8) is 0 Å². The van der Waals surface area contributed by atoms with E-state index in [-0.39, 0.29) is 11.9 Å². The molecule has 0 radical (unpaired) electrons. The average Bonchev–Trinajstić information content (AvgIpc) is 2.68. The van der Waals surface area contributed by atoms with Gasteiger partial charge in [0.25, 0.3) is 5.91 Å². The maximum Gasteiger partial charge on any atom is 0.328 e. The number of carbonyl (C=O) groups excluding carboxylic acids is 1. The molecule has 6 heteroatoms. The van der Waals surface area contributed by atoms with Crippen LogP contribution in [-0.2, 0) is 0 Å². The lowest BCUT2D eigenvalue weighted by Gasteiger charge is -2.03. The lowest BCUT2D eigenvalue weighted by atomic mass is 10.1. The fraction of sp³-hybridized carbons (Fsp3) is 0.182. The van der Waals surface area contributed by atoms with Crippen molar-refractivity contribution in [1.29, 1.82) is 0 Å². The number of hydrogen-bond acceptors (Lipinski definition) is 5. The molecule has 2 rings (SSSR count). The molecular weight excluding hydrogens is 220 g/mol. The summed E-state index contributed by atoms with van der Waals surface area (Å²) in [6.45, 7) is 3.54. The molecule has 0 fully saturated rings. The maximum atomic E-state index is 11.8. The molecular formula is C11H12N4O2. The minimum Gasteiger partial charge on any atom is -0.398 e. The zero-order valence-corrected chi connectivity index (χ0v) is 9.52. The fourth-order valence-corrected chi connectivity index (χ4v) is 1.30. The van der Waals surface area contributed by atoms with E-state index in [1.54, 1.807) is 25.1 Å². The number of aryl methyl sites for hydroxylation is 2. The molecule has 1 aromatic carbocycles. The quantitative estimate of drug-likeness (QED) is 0.765. The van der Waals surface area contributed by atoms with Gasteiger partial charge in [-0.25, -0.2) is 0 Å². The Morgan fingerprint density at radius 1 is 1.41 bits per heavy atom. The third-order valence-electron chi connectivity index (χ3n) is 2.29. The van der Waals surface area contributed by atoms with Crippen LogP contribution in [0.5, 0.6) is 0 Å². The molecule has 0 saturated heterocycles. The molecule has 0 aliphatic heterocycles. The van der Waals surface area contributed by atoms with E-state index in [1.807, 2.05) is 6.92 Å². The number of rotatable bonds is 2. The minimum atomic E-state index is -0.333. The van der Waals surface area contributed by atoms with Crippen molar-refractivity contribution in [1.82, 2.24) is 10.1 Å². The zero-order chi connectivity index (χ0) is 12.4. The molecule has 0 spiro atoms. The Morgan fingerprint density at radius 2 is 2.18 bits per heavy atom. The number of nitrogen functional groups attached to an aromatic ring is 1. The largest absolute Gasteiger partial charge is 0.398 e. The average molecular weight is 232 g/mol. The van der Waals surface area contributed by atoms with E-state index in [9.17, 15) is 4.79 Å². The SMILES string of the molecule is Cc1noc(NC(=O)c2ccc(C)c(N)c2)n1. The number of nitrogens with zero attached hydrogens (tertiary/aromatic N) is 2. The lowest BCUT2D eigenvalue weighted by Crippen LogP contribution is -2.12. The van der Waals surface area contributed by atoms with Crippen molar-refractivity contribution < 1.29 is 9.32 Å². The normalized spacial score (nSPS) is 10.2. The van der Waals surface area contributed by atoms with Gasteiger partial charge in [0.2, 0.25) is 0 Å². The Kier molecular flexibility index (Phi) is 2.78. The van der Waals surface area contributed by atoms with Crippen molar-refractivity contribution in [2.24, 2.45) is 0 Å². The Labute approximate surface area is 97.8 Å². The van der Waals surface area contributed by atoms with Gasteiger partial charge in [0.1, 0.15) is 0 Å². The monoisotopic (exact) mass is 232 g/mol. The fourth-order valence-electron chi connectivity index (χ4n) is 1.30. The van der Waals surface area contributed by atoms with E-state index in [2.05, 4.69) is 15.5 Å². The van der Waals surface area contributed by atoms with Gasteiger partial charge in [-0.3, -0.25) is 10.1 Å². The van der Waals surface area contributed by atoms with Crippen molar-refractivity contribution in [2.45, 2.75) is 13.8 Å². The zero-order valence-electron chi connectivity index (χ0n) is 9.52. The highest BCUT2D eigenvalue weighted by Crippen LogP contribution is 2.14. The highest BCUT2D eigenvalue weighted by Gasteiger charge is 2.10.